The van der Waals surface area contributed by atoms with Gasteiger partial charge in [0.05, 0.1) is 29.9 Å². The zero-order valence-corrected chi connectivity index (χ0v) is 18.6. The summed E-state index contributed by atoms with van der Waals surface area (Å²) in [6, 6.07) is 15.1. The lowest BCUT2D eigenvalue weighted by atomic mass is 9.72. The number of rotatable bonds is 4. The van der Waals surface area contributed by atoms with Crippen LogP contribution in [0.4, 0.5) is 11.4 Å². The highest BCUT2D eigenvalue weighted by molar-refractivity contribution is 6.00. The first-order valence-electron chi connectivity index (χ1n) is 10.9. The summed E-state index contributed by atoms with van der Waals surface area (Å²) in [7, 11) is 0. The summed E-state index contributed by atoms with van der Waals surface area (Å²) in [6.45, 7) is 8.39. The van der Waals surface area contributed by atoms with Crippen LogP contribution in [0.3, 0.4) is 0 Å². The van der Waals surface area contributed by atoms with E-state index in [9.17, 15) is 9.59 Å². The molecule has 0 spiro atoms. The van der Waals surface area contributed by atoms with Gasteiger partial charge in [-0.15, -0.1) is 0 Å². The van der Waals surface area contributed by atoms with Gasteiger partial charge in [-0.1, -0.05) is 51.1 Å². The van der Waals surface area contributed by atoms with Crippen LogP contribution in [0.25, 0.3) is 0 Å². The Balaban J connectivity index is 1.93. The van der Waals surface area contributed by atoms with Gasteiger partial charge in [-0.05, 0) is 41.7 Å². The molecule has 31 heavy (non-hydrogen) atoms. The molecular formula is C26H30N2O3. The first-order valence-corrected chi connectivity index (χ1v) is 10.9. The maximum absolute atomic E-state index is 13.5. The molecule has 2 atom stereocenters. The van der Waals surface area contributed by atoms with Gasteiger partial charge in [0.1, 0.15) is 11.5 Å². The standard InChI is InChI=1S/C26H30N2O3/c1-5-13-31-19-10-8-9-18(14-19)25-24-21(15-26(3,4)16-23(24)30)27-20-11-6-7-12-22(20)28(25)17(2)29/h6-12,14-15,24-25,27H,5,13,16H2,1-4H3/t24-,25+/m0/s1. The molecule has 1 aliphatic carbocycles. The summed E-state index contributed by atoms with van der Waals surface area (Å²) in [5, 5.41) is 3.50. The summed E-state index contributed by atoms with van der Waals surface area (Å²) < 4.78 is 5.86. The second kappa shape index (κ2) is 8.22. The molecule has 5 heteroatoms. The van der Waals surface area contributed by atoms with Gasteiger partial charge in [0.2, 0.25) is 5.91 Å². The minimum atomic E-state index is -0.467. The van der Waals surface area contributed by atoms with Crippen LogP contribution >= 0.6 is 0 Å². The number of hydrogen-bond donors (Lipinski definition) is 1. The first kappa shape index (κ1) is 21.2. The molecule has 1 amide bonds. The van der Waals surface area contributed by atoms with Crippen molar-refractivity contribution in [2.75, 3.05) is 16.8 Å². The van der Waals surface area contributed by atoms with E-state index >= 15 is 0 Å². The van der Waals surface area contributed by atoms with E-state index in [1.54, 1.807) is 11.8 Å². The molecule has 0 aromatic heterocycles. The lowest BCUT2D eigenvalue weighted by molar-refractivity contribution is -0.125. The molecular weight excluding hydrogens is 388 g/mol. The zero-order valence-electron chi connectivity index (χ0n) is 18.6. The summed E-state index contributed by atoms with van der Waals surface area (Å²) in [4.78, 5) is 28.3. The second-order valence-electron chi connectivity index (χ2n) is 9.11. The molecule has 0 bridgehead atoms. The van der Waals surface area contributed by atoms with Crippen molar-refractivity contribution in [2.24, 2.45) is 11.3 Å². The van der Waals surface area contributed by atoms with Gasteiger partial charge >= 0.3 is 0 Å². The third-order valence-corrected chi connectivity index (χ3v) is 5.91. The number of hydrogen-bond acceptors (Lipinski definition) is 4. The van der Waals surface area contributed by atoms with Gasteiger partial charge in [0.25, 0.3) is 0 Å². The van der Waals surface area contributed by atoms with Crippen molar-refractivity contribution < 1.29 is 14.3 Å². The molecule has 1 heterocycles. The highest BCUT2D eigenvalue weighted by Gasteiger charge is 2.45. The molecule has 4 rings (SSSR count). The second-order valence-corrected chi connectivity index (χ2v) is 9.11. The predicted octanol–water partition coefficient (Wildman–Crippen LogP) is 5.49. The predicted molar refractivity (Wildman–Crippen MR) is 123 cm³/mol. The van der Waals surface area contributed by atoms with Crippen LogP contribution in [0, 0.1) is 11.3 Å². The molecule has 2 aliphatic rings. The minimum Gasteiger partial charge on any atom is -0.494 e. The van der Waals surface area contributed by atoms with Gasteiger partial charge in [-0.2, -0.15) is 0 Å². The van der Waals surface area contributed by atoms with Crippen LogP contribution in [-0.2, 0) is 9.59 Å². The van der Waals surface area contributed by atoms with Gasteiger partial charge in [-0.3, -0.25) is 9.59 Å². The normalized spacial score (nSPS) is 21.9. The van der Waals surface area contributed by atoms with E-state index in [0.29, 0.717) is 13.0 Å². The van der Waals surface area contributed by atoms with E-state index in [1.807, 2.05) is 48.5 Å². The van der Waals surface area contributed by atoms with Crippen LogP contribution in [-0.4, -0.2) is 18.3 Å². The van der Waals surface area contributed by atoms with Crippen molar-refractivity contribution in [1.82, 2.24) is 0 Å². The number of benzene rings is 2. The topological polar surface area (TPSA) is 58.6 Å². The Morgan fingerprint density at radius 1 is 1.19 bits per heavy atom. The van der Waals surface area contributed by atoms with E-state index in [0.717, 1.165) is 34.8 Å². The fourth-order valence-corrected chi connectivity index (χ4v) is 4.71. The Morgan fingerprint density at radius 3 is 2.71 bits per heavy atom. The van der Waals surface area contributed by atoms with Gasteiger partial charge < -0.3 is 15.0 Å². The largest absolute Gasteiger partial charge is 0.494 e. The Morgan fingerprint density at radius 2 is 1.97 bits per heavy atom. The number of anilines is 2. The number of fused-ring (bicyclic) bond motifs is 2. The van der Waals surface area contributed by atoms with Crippen LogP contribution in [0.2, 0.25) is 0 Å². The highest BCUT2D eigenvalue weighted by Crippen LogP contribution is 2.48. The fourth-order valence-electron chi connectivity index (χ4n) is 4.71. The van der Waals surface area contributed by atoms with E-state index in [-0.39, 0.29) is 17.1 Å². The molecule has 0 fully saturated rings. The smallest absolute Gasteiger partial charge is 0.224 e. The number of nitrogens with zero attached hydrogens (tertiary/aromatic N) is 1. The van der Waals surface area contributed by atoms with Gasteiger partial charge in [-0.25, -0.2) is 0 Å². The van der Waals surface area contributed by atoms with E-state index in [2.05, 4.69) is 32.2 Å². The lowest BCUT2D eigenvalue weighted by Crippen LogP contribution is -2.42. The van der Waals surface area contributed by atoms with Crippen LogP contribution in [0.15, 0.2) is 60.3 Å². The van der Waals surface area contributed by atoms with Crippen molar-refractivity contribution in [3.63, 3.8) is 0 Å². The Hall–Kier alpha value is -3.08. The fraction of sp³-hybridized carbons (Fsp3) is 0.385. The Labute approximate surface area is 184 Å². The molecule has 0 saturated carbocycles. The molecule has 5 nitrogen and oxygen atoms in total. The minimum absolute atomic E-state index is 0.0991. The average Bonchev–Trinajstić information content (AvgIpc) is 2.85. The number of ketones is 1. The molecule has 2 aromatic rings. The summed E-state index contributed by atoms with van der Waals surface area (Å²) in [5.74, 6) is 0.324. The SMILES string of the molecule is CCCOc1cccc([C@@H]2[C@@H]3C(=O)CC(C)(C)C=C3Nc3ccccc3N2C(C)=O)c1. The number of carbonyl (C=O) groups excluding carboxylic acids is 2. The first-order chi connectivity index (χ1) is 14.8. The third kappa shape index (κ3) is 4.09. The van der Waals surface area contributed by atoms with Gasteiger partial charge in [0, 0.05) is 19.0 Å². The van der Waals surface area contributed by atoms with Gasteiger partial charge in [0.15, 0.2) is 0 Å². The number of para-hydroxylation sites is 2. The Kier molecular flexibility index (Phi) is 5.61. The number of allylic oxidation sites excluding steroid dienone is 1. The van der Waals surface area contributed by atoms with Crippen molar-refractivity contribution >= 4 is 23.1 Å². The molecule has 162 valence electrons. The molecule has 0 saturated heterocycles. The van der Waals surface area contributed by atoms with E-state index < -0.39 is 12.0 Å². The number of amides is 1. The number of carbonyl (C=O) groups is 2. The maximum Gasteiger partial charge on any atom is 0.224 e. The summed E-state index contributed by atoms with van der Waals surface area (Å²) >= 11 is 0. The molecule has 1 N–H and O–H groups in total. The number of ether oxygens (including phenoxy) is 1. The average molecular weight is 419 g/mol. The van der Waals surface area contributed by atoms with Crippen LogP contribution in [0.5, 0.6) is 5.75 Å². The zero-order chi connectivity index (χ0) is 22.2. The summed E-state index contributed by atoms with van der Waals surface area (Å²) in [6.07, 6.45) is 3.50. The van der Waals surface area contributed by atoms with Crippen molar-refractivity contribution in [1.29, 1.82) is 0 Å². The van der Waals surface area contributed by atoms with Crippen molar-refractivity contribution in [3.05, 3.63) is 65.9 Å². The van der Waals surface area contributed by atoms with Crippen molar-refractivity contribution in [3.8, 4) is 5.75 Å². The lowest BCUT2D eigenvalue weighted by Gasteiger charge is -2.39. The quantitative estimate of drug-likeness (QED) is 0.713. The molecule has 0 unspecified atom stereocenters. The van der Waals surface area contributed by atoms with E-state index in [4.69, 9.17) is 4.74 Å². The van der Waals surface area contributed by atoms with E-state index in [1.165, 1.54) is 0 Å². The molecule has 2 aromatic carbocycles. The molecule has 1 aliphatic heterocycles. The maximum atomic E-state index is 13.5. The van der Waals surface area contributed by atoms with Crippen LogP contribution < -0.4 is 15.0 Å². The monoisotopic (exact) mass is 418 g/mol. The highest BCUT2D eigenvalue weighted by atomic mass is 16.5. The molecule has 0 radical (unpaired) electrons. The number of Topliss-reactive ketones (excluding diaryl/α,β-unsaturated/α-hetero) is 1. The Bertz CT molecular complexity index is 1040. The third-order valence-electron chi connectivity index (χ3n) is 5.91. The van der Waals surface area contributed by atoms with Crippen LogP contribution in [0.1, 0.15) is 52.1 Å². The summed E-state index contributed by atoms with van der Waals surface area (Å²) in [5.41, 5.74) is 3.13. The van der Waals surface area contributed by atoms with Crippen molar-refractivity contribution in [2.45, 2.75) is 46.6 Å². The number of nitrogens with one attached hydrogen (secondary N) is 1.